The molecule has 5 unspecified atom stereocenters. The van der Waals surface area contributed by atoms with E-state index in [2.05, 4.69) is 10.3 Å². The molecule has 1 heterocycles. The van der Waals surface area contributed by atoms with E-state index in [-0.39, 0.29) is 30.4 Å². The smallest absolute Gasteiger partial charge is 0.239 e. The van der Waals surface area contributed by atoms with Gasteiger partial charge in [-0.05, 0) is 19.8 Å². The fraction of sp³-hybridized carbons (Fsp3) is 0.867. The Kier molecular flexibility index (Phi) is 7.88. The fourth-order valence-corrected chi connectivity index (χ4v) is 2.61. The minimum absolute atomic E-state index is 0.0214. The molecule has 1 amide bonds. The SMILES string of the molecule is COC1OC(CNC(=O)C(C)(N)CCCN=C(N)N)CC(O)C1C. The average Bonchev–Trinajstić information content (AvgIpc) is 2.51. The summed E-state index contributed by atoms with van der Waals surface area (Å²) in [5.41, 5.74) is 15.5. The summed E-state index contributed by atoms with van der Waals surface area (Å²) in [6.07, 6.45) is 0.144. The lowest BCUT2D eigenvalue weighted by molar-refractivity contribution is -0.231. The van der Waals surface area contributed by atoms with Gasteiger partial charge in [-0.1, -0.05) is 6.92 Å². The van der Waals surface area contributed by atoms with Crippen LogP contribution in [-0.2, 0) is 14.3 Å². The van der Waals surface area contributed by atoms with E-state index >= 15 is 0 Å². The van der Waals surface area contributed by atoms with Crippen LogP contribution in [0.25, 0.3) is 0 Å². The normalized spacial score (nSPS) is 29.5. The summed E-state index contributed by atoms with van der Waals surface area (Å²) in [4.78, 5) is 16.1. The molecule has 1 aliphatic heterocycles. The minimum atomic E-state index is -1.03. The van der Waals surface area contributed by atoms with Gasteiger partial charge in [-0.2, -0.15) is 0 Å². The summed E-state index contributed by atoms with van der Waals surface area (Å²) < 4.78 is 10.9. The van der Waals surface area contributed by atoms with Crippen molar-refractivity contribution in [2.24, 2.45) is 28.1 Å². The quantitative estimate of drug-likeness (QED) is 0.206. The maximum Gasteiger partial charge on any atom is 0.239 e. The van der Waals surface area contributed by atoms with Crippen molar-refractivity contribution in [2.75, 3.05) is 20.2 Å². The van der Waals surface area contributed by atoms with E-state index in [0.29, 0.717) is 25.8 Å². The average molecular weight is 345 g/mol. The number of nitrogens with one attached hydrogen (secondary N) is 1. The van der Waals surface area contributed by atoms with E-state index in [1.54, 1.807) is 6.92 Å². The third-order valence-corrected chi connectivity index (χ3v) is 4.26. The van der Waals surface area contributed by atoms with E-state index in [9.17, 15) is 9.90 Å². The molecule has 0 spiro atoms. The second kappa shape index (κ2) is 9.16. The van der Waals surface area contributed by atoms with Crippen LogP contribution in [0.5, 0.6) is 0 Å². The van der Waals surface area contributed by atoms with Crippen molar-refractivity contribution < 1.29 is 19.4 Å². The summed E-state index contributed by atoms with van der Waals surface area (Å²) in [5, 5.41) is 12.8. The van der Waals surface area contributed by atoms with Gasteiger partial charge in [0.25, 0.3) is 0 Å². The number of guanidine groups is 1. The molecule has 9 nitrogen and oxygen atoms in total. The van der Waals surface area contributed by atoms with Gasteiger partial charge in [0.2, 0.25) is 5.91 Å². The van der Waals surface area contributed by atoms with Crippen LogP contribution in [0.3, 0.4) is 0 Å². The van der Waals surface area contributed by atoms with Crippen LogP contribution in [0.2, 0.25) is 0 Å². The number of aliphatic hydroxyl groups excluding tert-OH is 1. The number of nitrogens with two attached hydrogens (primary N) is 3. The van der Waals surface area contributed by atoms with E-state index in [1.807, 2.05) is 6.92 Å². The van der Waals surface area contributed by atoms with E-state index in [4.69, 9.17) is 26.7 Å². The minimum Gasteiger partial charge on any atom is -0.393 e. The zero-order chi connectivity index (χ0) is 18.3. The highest BCUT2D eigenvalue weighted by Gasteiger charge is 2.36. The molecule has 8 N–H and O–H groups in total. The van der Waals surface area contributed by atoms with Gasteiger partial charge >= 0.3 is 0 Å². The largest absolute Gasteiger partial charge is 0.393 e. The van der Waals surface area contributed by atoms with Crippen LogP contribution in [0.4, 0.5) is 0 Å². The van der Waals surface area contributed by atoms with Gasteiger partial charge in [0.15, 0.2) is 12.2 Å². The summed E-state index contributed by atoms with van der Waals surface area (Å²) in [6.45, 7) is 4.21. The van der Waals surface area contributed by atoms with E-state index in [1.165, 1.54) is 7.11 Å². The number of nitrogens with zero attached hydrogens (tertiary/aromatic N) is 1. The lowest BCUT2D eigenvalue weighted by atomic mass is 9.94. The Hall–Kier alpha value is -1.42. The Labute approximate surface area is 142 Å². The number of hydrogen-bond acceptors (Lipinski definition) is 6. The predicted octanol–water partition coefficient (Wildman–Crippen LogP) is -1.37. The third-order valence-electron chi connectivity index (χ3n) is 4.26. The van der Waals surface area contributed by atoms with E-state index in [0.717, 1.165) is 0 Å². The molecule has 1 rings (SSSR count). The first-order valence-electron chi connectivity index (χ1n) is 8.16. The van der Waals surface area contributed by atoms with Crippen molar-refractivity contribution in [2.45, 2.75) is 57.1 Å². The van der Waals surface area contributed by atoms with Crippen molar-refractivity contribution in [1.29, 1.82) is 0 Å². The molecule has 0 aromatic carbocycles. The summed E-state index contributed by atoms with van der Waals surface area (Å²) >= 11 is 0. The highest BCUT2D eigenvalue weighted by atomic mass is 16.7. The number of aliphatic hydroxyl groups is 1. The molecule has 1 aliphatic rings. The number of carbonyl (C=O) groups excluding carboxylic acids is 1. The fourth-order valence-electron chi connectivity index (χ4n) is 2.61. The zero-order valence-corrected chi connectivity index (χ0v) is 14.7. The molecule has 24 heavy (non-hydrogen) atoms. The Balaban J connectivity index is 2.42. The molecule has 0 saturated carbocycles. The number of amides is 1. The van der Waals surface area contributed by atoms with Crippen LogP contribution in [-0.4, -0.2) is 61.2 Å². The summed E-state index contributed by atoms with van der Waals surface area (Å²) in [7, 11) is 1.53. The van der Waals surface area contributed by atoms with Gasteiger partial charge in [0.05, 0.1) is 17.7 Å². The van der Waals surface area contributed by atoms with Crippen LogP contribution in [0.15, 0.2) is 4.99 Å². The van der Waals surface area contributed by atoms with Gasteiger partial charge in [-0.3, -0.25) is 9.79 Å². The van der Waals surface area contributed by atoms with Crippen molar-refractivity contribution in [1.82, 2.24) is 5.32 Å². The second-order valence-corrected chi connectivity index (χ2v) is 6.56. The molecule has 1 fully saturated rings. The van der Waals surface area contributed by atoms with Crippen LogP contribution < -0.4 is 22.5 Å². The Morgan fingerprint density at radius 3 is 2.75 bits per heavy atom. The first kappa shape index (κ1) is 20.6. The van der Waals surface area contributed by atoms with Crippen LogP contribution >= 0.6 is 0 Å². The highest BCUT2D eigenvalue weighted by Crippen LogP contribution is 2.25. The molecular weight excluding hydrogens is 314 g/mol. The molecule has 0 aliphatic carbocycles. The number of carbonyl (C=O) groups is 1. The number of ether oxygens (including phenoxy) is 2. The number of methoxy groups -OCH3 is 1. The maximum atomic E-state index is 12.3. The molecule has 0 bridgehead atoms. The van der Waals surface area contributed by atoms with Gasteiger partial charge in [0, 0.05) is 32.5 Å². The highest BCUT2D eigenvalue weighted by molar-refractivity contribution is 5.85. The van der Waals surface area contributed by atoms with Gasteiger partial charge in [-0.25, -0.2) is 0 Å². The second-order valence-electron chi connectivity index (χ2n) is 6.56. The Morgan fingerprint density at radius 1 is 1.50 bits per heavy atom. The first-order valence-corrected chi connectivity index (χ1v) is 8.16. The van der Waals surface area contributed by atoms with Crippen LogP contribution in [0, 0.1) is 5.92 Å². The first-order chi connectivity index (χ1) is 11.2. The van der Waals surface area contributed by atoms with Gasteiger partial charge < -0.3 is 37.1 Å². The lowest BCUT2D eigenvalue weighted by Gasteiger charge is -2.37. The maximum absolute atomic E-state index is 12.3. The van der Waals surface area contributed by atoms with E-state index < -0.39 is 17.9 Å². The van der Waals surface area contributed by atoms with Crippen LogP contribution in [0.1, 0.15) is 33.1 Å². The number of rotatable bonds is 8. The Morgan fingerprint density at radius 2 is 2.17 bits per heavy atom. The topological polar surface area (TPSA) is 158 Å². The van der Waals surface area contributed by atoms with Gasteiger partial charge in [0.1, 0.15) is 0 Å². The molecule has 1 saturated heterocycles. The van der Waals surface area contributed by atoms with Crippen molar-refractivity contribution in [3.63, 3.8) is 0 Å². The van der Waals surface area contributed by atoms with Gasteiger partial charge in [-0.15, -0.1) is 0 Å². The molecule has 140 valence electrons. The standard InChI is InChI=1S/C15H31N5O4/c1-9-11(21)7-10(24-12(9)23-3)8-20-13(22)15(2,18)5-4-6-19-14(16)17/h9-12,21H,4-8,18H2,1-3H3,(H,20,22)(H4,16,17,19). The predicted molar refractivity (Wildman–Crippen MR) is 91.0 cm³/mol. The number of hydrogen-bond donors (Lipinski definition) is 5. The monoisotopic (exact) mass is 345 g/mol. The summed E-state index contributed by atoms with van der Waals surface area (Å²) in [5.74, 6) is -0.372. The zero-order valence-electron chi connectivity index (χ0n) is 14.7. The molecule has 0 aromatic heterocycles. The molecule has 0 radical (unpaired) electrons. The number of aliphatic imine (C=N–C) groups is 1. The lowest BCUT2D eigenvalue weighted by Crippen LogP contribution is -2.54. The molecular formula is C15H31N5O4. The van der Waals surface area contributed by atoms with Crippen molar-refractivity contribution >= 4 is 11.9 Å². The van der Waals surface area contributed by atoms with Crippen molar-refractivity contribution in [3.05, 3.63) is 0 Å². The van der Waals surface area contributed by atoms with Crippen molar-refractivity contribution in [3.8, 4) is 0 Å². The molecule has 0 aromatic rings. The molecule has 9 heteroatoms. The summed E-state index contributed by atoms with van der Waals surface area (Å²) in [6, 6.07) is 0. The third kappa shape index (κ3) is 6.23. The molecule has 5 atom stereocenters. The Bertz CT molecular complexity index is 440.